The van der Waals surface area contributed by atoms with E-state index in [2.05, 4.69) is 16.2 Å². The van der Waals surface area contributed by atoms with Gasteiger partial charge in [-0.15, -0.1) is 0 Å². The number of hydrogen-bond acceptors (Lipinski definition) is 3. The Balaban J connectivity index is 2.34. The molecular weight excluding hydrogens is 198 g/mol. The van der Waals surface area contributed by atoms with Crippen LogP contribution in [0, 0.1) is 0 Å². The zero-order chi connectivity index (χ0) is 11.0. The van der Waals surface area contributed by atoms with E-state index in [9.17, 15) is 0 Å². The summed E-state index contributed by atoms with van der Waals surface area (Å²) in [5.74, 6) is 0. The fourth-order valence-corrected chi connectivity index (χ4v) is 1.95. The second-order valence-corrected chi connectivity index (χ2v) is 3.70. The van der Waals surface area contributed by atoms with Gasteiger partial charge < -0.3 is 0 Å². The van der Waals surface area contributed by atoms with E-state index in [0.29, 0.717) is 0 Å². The lowest BCUT2D eigenvalue weighted by Gasteiger charge is -2.02. The lowest BCUT2D eigenvalue weighted by molar-refractivity contribution is 0.443. The van der Waals surface area contributed by atoms with Crippen molar-refractivity contribution >= 4 is 5.70 Å². The molecule has 3 rings (SSSR count). The molecule has 3 heteroatoms. The molecule has 3 nitrogen and oxygen atoms in total. The van der Waals surface area contributed by atoms with Crippen LogP contribution in [0.4, 0.5) is 0 Å². The maximum Gasteiger partial charge on any atom is 0.319 e. The van der Waals surface area contributed by atoms with E-state index >= 15 is 0 Å². The average Bonchev–Trinajstić information content (AvgIpc) is 2.66. The monoisotopic (exact) mass is 209 g/mol. The van der Waals surface area contributed by atoms with Crippen molar-refractivity contribution in [3.63, 3.8) is 0 Å². The third-order valence-electron chi connectivity index (χ3n) is 2.65. The molecule has 0 saturated carbocycles. The van der Waals surface area contributed by atoms with Crippen LogP contribution in [-0.4, -0.2) is 17.0 Å². The first kappa shape index (κ1) is 9.09. The van der Waals surface area contributed by atoms with E-state index in [1.807, 2.05) is 48.5 Å². The molecule has 0 spiro atoms. The van der Waals surface area contributed by atoms with Crippen LogP contribution in [0.15, 0.2) is 48.7 Å². The Morgan fingerprint density at radius 1 is 1.06 bits per heavy atom. The van der Waals surface area contributed by atoms with Gasteiger partial charge in [0.25, 0.3) is 0 Å². The van der Waals surface area contributed by atoms with Crippen molar-refractivity contribution in [3.8, 4) is 0 Å². The minimum atomic E-state index is 0.957. The van der Waals surface area contributed by atoms with Gasteiger partial charge in [0.05, 0.1) is 18.0 Å². The molecule has 77 valence electrons. The highest BCUT2D eigenvalue weighted by atomic mass is 15.5. The Hall–Kier alpha value is -2.16. The second kappa shape index (κ2) is 3.45. The number of rotatable bonds is 1. The largest absolute Gasteiger partial charge is 0.319 e. The number of fused-ring (bicyclic) bond motifs is 1. The van der Waals surface area contributed by atoms with Gasteiger partial charge in [0.2, 0.25) is 0 Å². The van der Waals surface area contributed by atoms with Gasteiger partial charge in [-0.1, -0.05) is 23.2 Å². The standard InChI is InChI=1S/C13H11N3/c1-16-13(12-8-4-5-9-14-12)10-6-2-3-7-11(10)15-16/h2-9H,1H3/q+1. The molecule has 1 aromatic heterocycles. The smallest absolute Gasteiger partial charge is 0.254 e. The van der Waals surface area contributed by atoms with Gasteiger partial charge in [-0.2, -0.15) is 0 Å². The van der Waals surface area contributed by atoms with Crippen LogP contribution in [0.2, 0.25) is 0 Å². The van der Waals surface area contributed by atoms with Crippen LogP contribution >= 0.6 is 0 Å². The topological polar surface area (TPSA) is 30.2 Å². The van der Waals surface area contributed by atoms with Crippen molar-refractivity contribution in [2.45, 2.75) is 0 Å². The summed E-state index contributed by atoms with van der Waals surface area (Å²) in [6.45, 7) is 0. The average molecular weight is 209 g/mol. The molecule has 16 heavy (non-hydrogen) atoms. The van der Waals surface area contributed by atoms with E-state index in [1.54, 1.807) is 6.20 Å². The molecule has 1 radical (unpaired) electrons. The zero-order valence-electron chi connectivity index (χ0n) is 8.96. The van der Waals surface area contributed by atoms with Crippen molar-refractivity contribution in [2.75, 3.05) is 7.05 Å². The Morgan fingerprint density at radius 2 is 1.88 bits per heavy atom. The van der Waals surface area contributed by atoms with Gasteiger partial charge >= 0.3 is 5.36 Å². The predicted octanol–water partition coefficient (Wildman–Crippen LogP) is 0.0539. The highest BCUT2D eigenvalue weighted by Crippen LogP contribution is 2.10. The summed E-state index contributed by atoms with van der Waals surface area (Å²) in [6, 6.07) is 14.0. The van der Waals surface area contributed by atoms with Crippen molar-refractivity contribution in [3.05, 3.63) is 64.9 Å². The molecule has 1 aromatic carbocycles. The molecule has 0 amide bonds. The molecule has 1 aliphatic heterocycles. The quantitative estimate of drug-likeness (QED) is 0.664. The van der Waals surface area contributed by atoms with Crippen molar-refractivity contribution in [1.29, 1.82) is 0 Å². The molecule has 0 bridgehead atoms. The number of hydrogen-bond donors (Lipinski definition) is 0. The molecule has 0 aliphatic carbocycles. The number of aromatic nitrogens is 1. The first-order chi connectivity index (χ1) is 7.86. The van der Waals surface area contributed by atoms with E-state index in [-0.39, 0.29) is 0 Å². The summed E-state index contributed by atoms with van der Waals surface area (Å²) in [5.41, 5.74) is 2.02. The second-order valence-electron chi connectivity index (χ2n) is 3.70. The molecule has 0 atom stereocenters. The zero-order valence-corrected chi connectivity index (χ0v) is 8.96. The maximum atomic E-state index is 4.47. The van der Waals surface area contributed by atoms with Crippen LogP contribution in [0.5, 0.6) is 0 Å². The molecule has 1 aliphatic rings. The van der Waals surface area contributed by atoms with Crippen molar-refractivity contribution in [1.82, 2.24) is 15.1 Å². The summed E-state index contributed by atoms with van der Waals surface area (Å²) in [7, 11) is 1.95. The Bertz CT molecular complexity index is 632. The van der Waals surface area contributed by atoms with Crippen molar-refractivity contribution < 1.29 is 0 Å². The van der Waals surface area contributed by atoms with Crippen molar-refractivity contribution in [2.24, 2.45) is 0 Å². The lowest BCUT2D eigenvalue weighted by atomic mass is 10.2. The first-order valence-corrected chi connectivity index (χ1v) is 5.19. The fraction of sp³-hybridized carbons (Fsp3) is 0.0769. The minimum Gasteiger partial charge on any atom is -0.254 e. The molecular formula is C13H11N3+. The molecule has 0 N–H and O–H groups in total. The Kier molecular flexibility index (Phi) is 1.96. The van der Waals surface area contributed by atoms with Gasteiger partial charge in [0, 0.05) is 12.3 Å². The Morgan fingerprint density at radius 3 is 2.69 bits per heavy atom. The predicted molar refractivity (Wildman–Crippen MR) is 61.4 cm³/mol. The Labute approximate surface area is 93.4 Å². The minimum absolute atomic E-state index is 0.957. The first-order valence-electron chi connectivity index (χ1n) is 5.19. The third kappa shape index (κ3) is 1.29. The molecule has 0 saturated heterocycles. The van der Waals surface area contributed by atoms with Gasteiger partial charge in [0.15, 0.2) is 5.10 Å². The van der Waals surface area contributed by atoms with Crippen LogP contribution < -0.4 is 15.7 Å². The highest BCUT2D eigenvalue weighted by molar-refractivity contribution is 5.60. The SMILES string of the molecule is CN1[N+]=c2ccccc2=C1c1ccccn1. The summed E-state index contributed by atoms with van der Waals surface area (Å²) >= 11 is 0. The van der Waals surface area contributed by atoms with E-state index in [1.165, 1.54) is 0 Å². The molecule has 2 heterocycles. The van der Waals surface area contributed by atoms with Gasteiger partial charge in [-0.05, 0) is 18.2 Å². The normalized spacial score (nSPS) is 13.6. The third-order valence-corrected chi connectivity index (χ3v) is 2.65. The van der Waals surface area contributed by atoms with Crippen LogP contribution in [0.3, 0.4) is 0 Å². The molecule has 0 unspecified atom stereocenters. The lowest BCUT2D eigenvalue weighted by Crippen LogP contribution is -2.25. The van der Waals surface area contributed by atoms with E-state index < -0.39 is 0 Å². The van der Waals surface area contributed by atoms with Gasteiger partial charge in [-0.3, -0.25) is 4.98 Å². The molecule has 0 fully saturated rings. The highest BCUT2D eigenvalue weighted by Gasteiger charge is 2.24. The molecule has 2 aromatic rings. The van der Waals surface area contributed by atoms with Gasteiger partial charge in [-0.25, -0.2) is 0 Å². The van der Waals surface area contributed by atoms with Crippen LogP contribution in [0.25, 0.3) is 5.70 Å². The van der Waals surface area contributed by atoms with Gasteiger partial charge in [0.1, 0.15) is 5.70 Å². The van der Waals surface area contributed by atoms with E-state index in [0.717, 1.165) is 22.0 Å². The summed E-state index contributed by atoms with van der Waals surface area (Å²) in [5, 5.41) is 8.50. The summed E-state index contributed by atoms with van der Waals surface area (Å²) < 4.78 is 0. The number of benzene rings is 1. The number of nitrogens with zero attached hydrogens (tertiary/aromatic N) is 3. The van der Waals surface area contributed by atoms with Crippen LogP contribution in [0.1, 0.15) is 5.69 Å². The maximum absolute atomic E-state index is 4.47. The van der Waals surface area contributed by atoms with E-state index in [4.69, 9.17) is 0 Å². The van der Waals surface area contributed by atoms with Crippen LogP contribution in [-0.2, 0) is 0 Å². The summed E-state index contributed by atoms with van der Waals surface area (Å²) in [4.78, 5) is 4.37. The fourth-order valence-electron chi connectivity index (χ4n) is 1.95. The summed E-state index contributed by atoms with van der Waals surface area (Å²) in [6.07, 6.45) is 1.80. The number of pyridine rings is 1.